The highest BCUT2D eigenvalue weighted by molar-refractivity contribution is 6.96. The van der Waals surface area contributed by atoms with Gasteiger partial charge in [-0.3, -0.25) is 0 Å². The number of rotatable bonds is 0. The quantitative estimate of drug-likeness (QED) is 0.547. The van der Waals surface area contributed by atoms with Gasteiger partial charge in [-0.1, -0.05) is 0 Å². The highest BCUT2D eigenvalue weighted by atomic mass is 28.6. The van der Waals surface area contributed by atoms with Crippen molar-refractivity contribution in [1.29, 1.82) is 0 Å². The van der Waals surface area contributed by atoms with Gasteiger partial charge in [-0.2, -0.15) is 0 Å². The number of fused-ring (bicyclic) bond motifs is 8. The zero-order valence-electron chi connectivity index (χ0n) is 15.9. The smallest absolute Gasteiger partial charge is 0.416 e. The lowest BCUT2D eigenvalue weighted by Crippen LogP contribution is -2.73. The number of hydrogen-bond donors (Lipinski definition) is 0. The van der Waals surface area contributed by atoms with Gasteiger partial charge in [0.2, 0.25) is 0 Å². The van der Waals surface area contributed by atoms with Crippen molar-refractivity contribution in [2.24, 2.45) is 0 Å². The topological polar surface area (TPSA) is 64.6 Å². The maximum atomic E-state index is 6.40. The molecule has 136 valence electrons. The molecule has 0 unspecified atom stereocenters. The predicted octanol–water partition coefficient (Wildman–Crippen LogP) is 3.07. The maximum absolute atomic E-state index is 6.40. The Morgan fingerprint density at radius 2 is 0.478 bits per heavy atom. The highest BCUT2D eigenvalue weighted by Crippen LogP contribution is 2.37. The summed E-state index contributed by atoms with van der Waals surface area (Å²) in [6.07, 6.45) is 0. The monoisotopic (exact) mass is 430 g/mol. The van der Waals surface area contributed by atoms with Crippen LogP contribution in [-0.2, 0) is 28.8 Å². The van der Waals surface area contributed by atoms with Crippen molar-refractivity contribution in [2.75, 3.05) is 0 Å². The van der Waals surface area contributed by atoms with Gasteiger partial charge in [0, 0.05) is 13.1 Å². The molecule has 0 amide bonds. The van der Waals surface area contributed by atoms with E-state index in [9.17, 15) is 0 Å². The lowest BCUT2D eigenvalue weighted by Gasteiger charge is -2.51. The minimum atomic E-state index is -2.94. The molecule has 0 N–H and O–H groups in total. The normalized spacial score (nSPS) is 42.0. The zero-order chi connectivity index (χ0) is 17.9. The highest BCUT2D eigenvalue weighted by Gasteiger charge is 2.61. The van der Waals surface area contributed by atoms with Gasteiger partial charge in [-0.15, -0.1) is 0 Å². The van der Waals surface area contributed by atoms with E-state index in [0.717, 1.165) is 0 Å². The molecule has 0 spiro atoms. The molecule has 0 saturated carbocycles. The summed E-state index contributed by atoms with van der Waals surface area (Å²) < 4.78 is 44.6. The van der Waals surface area contributed by atoms with Crippen LogP contribution < -0.4 is 0 Å². The molecule has 2 bridgehead atoms. The van der Waals surface area contributed by atoms with Gasteiger partial charge in [0.15, 0.2) is 0 Å². The Bertz CT molecular complexity index is 420. The third-order valence-electron chi connectivity index (χ3n) is 3.08. The Morgan fingerprint density at radius 3 is 0.696 bits per heavy atom. The van der Waals surface area contributed by atoms with E-state index in [1.807, 2.05) is 65.5 Å². The van der Waals surface area contributed by atoms with Crippen LogP contribution in [0.25, 0.3) is 0 Å². The minimum absolute atomic E-state index is 1.93. The van der Waals surface area contributed by atoms with Crippen LogP contribution in [0.5, 0.6) is 0 Å². The van der Waals surface area contributed by atoms with Crippen LogP contribution in [0.4, 0.5) is 0 Å². The van der Waals surface area contributed by atoms with E-state index in [0.29, 0.717) is 0 Å². The summed E-state index contributed by atoms with van der Waals surface area (Å²) in [4.78, 5) is 0. The van der Waals surface area contributed by atoms with Crippen molar-refractivity contribution in [2.45, 2.75) is 65.5 Å². The van der Waals surface area contributed by atoms with Gasteiger partial charge in [0.05, 0.1) is 0 Å². The third kappa shape index (κ3) is 5.50. The van der Waals surface area contributed by atoms with Crippen molar-refractivity contribution in [1.82, 2.24) is 0 Å². The average molecular weight is 431 g/mol. The Kier molecular flexibility index (Phi) is 5.09. The first-order chi connectivity index (χ1) is 9.95. The average Bonchev–Trinajstić information content (AvgIpc) is 1.99. The number of hydrogen-bond acceptors (Lipinski definition) is 7. The van der Waals surface area contributed by atoms with E-state index in [1.54, 1.807) is 0 Å². The molecule has 0 radical (unpaired) electrons. The second-order valence-corrected chi connectivity index (χ2v) is 28.4. The molecule has 0 aliphatic carbocycles. The molecule has 3 rings (SSSR count). The molecule has 13 heteroatoms. The van der Waals surface area contributed by atoms with E-state index < -0.39 is 51.9 Å². The van der Waals surface area contributed by atoms with Gasteiger partial charge < -0.3 is 28.8 Å². The van der Waals surface area contributed by atoms with Crippen LogP contribution in [0, 0.1) is 0 Å². The fourth-order valence-corrected chi connectivity index (χ4v) is 35.1. The minimum Gasteiger partial charge on any atom is -0.416 e. The first kappa shape index (κ1) is 20.3. The van der Waals surface area contributed by atoms with Crippen LogP contribution in [0.3, 0.4) is 0 Å². The Morgan fingerprint density at radius 1 is 0.304 bits per heavy atom. The van der Waals surface area contributed by atoms with Crippen LogP contribution in [-0.4, -0.2) is 51.9 Å². The molecular weight excluding hydrogens is 401 g/mol. The van der Waals surface area contributed by atoms with Gasteiger partial charge >= 0.3 is 51.9 Å². The molecule has 7 nitrogen and oxygen atoms in total. The van der Waals surface area contributed by atoms with Crippen molar-refractivity contribution in [3.63, 3.8) is 0 Å². The van der Waals surface area contributed by atoms with E-state index >= 15 is 0 Å². The molecule has 23 heavy (non-hydrogen) atoms. The van der Waals surface area contributed by atoms with Gasteiger partial charge in [0.1, 0.15) is 0 Å². The molecule has 3 fully saturated rings. The second-order valence-electron chi connectivity index (χ2n) is 8.04. The Balaban J connectivity index is 2.57. The fourth-order valence-electron chi connectivity index (χ4n) is 3.48. The SMILES string of the molecule is C[Si]1(C)O[Si](C)(C)O[Si]2(C)O[Si](C)(C)O[Si](C)(O1)O[Si](C)(C)O2. The van der Waals surface area contributed by atoms with Crippen molar-refractivity contribution < 1.29 is 28.8 Å². The molecule has 3 aliphatic rings. The van der Waals surface area contributed by atoms with Crippen LogP contribution in [0.1, 0.15) is 0 Å². The summed E-state index contributed by atoms with van der Waals surface area (Å²) in [6, 6.07) is 0. The van der Waals surface area contributed by atoms with Crippen molar-refractivity contribution in [3.05, 3.63) is 0 Å². The van der Waals surface area contributed by atoms with Crippen LogP contribution >= 0.6 is 0 Å². The first-order valence-corrected chi connectivity index (χ1v) is 23.6. The summed E-state index contributed by atoms with van der Waals surface area (Å²) in [6.45, 7) is 19.9. The molecule has 0 aromatic carbocycles. The summed E-state index contributed by atoms with van der Waals surface area (Å²) in [7, 11) is -15.9. The van der Waals surface area contributed by atoms with E-state index in [-0.39, 0.29) is 0 Å². The fraction of sp³-hybridized carbons (Fsp3) is 1.00. The molecule has 3 saturated heterocycles. The molecule has 0 atom stereocenters. The lowest BCUT2D eigenvalue weighted by atomic mass is 11.9. The van der Waals surface area contributed by atoms with Crippen molar-refractivity contribution >= 4 is 51.9 Å². The summed E-state index contributed by atoms with van der Waals surface area (Å²) in [5, 5.41) is 0. The second kappa shape index (κ2) is 5.76. The summed E-state index contributed by atoms with van der Waals surface area (Å²) in [5.41, 5.74) is 0. The molecular formula is C10H30O7Si6. The van der Waals surface area contributed by atoms with Gasteiger partial charge in [-0.05, 0) is 52.4 Å². The first-order valence-electron chi connectivity index (χ1n) is 7.86. The van der Waals surface area contributed by atoms with Crippen LogP contribution in [0.15, 0.2) is 0 Å². The standard InChI is InChI=1S/C10H30O7Si6/c1-18(2)11-19(3,4)13-23(10)16-20(5,6)14-22(9,12-18)15-21(7,8)17-23/h1-10H3. The van der Waals surface area contributed by atoms with Gasteiger partial charge in [0.25, 0.3) is 0 Å². The van der Waals surface area contributed by atoms with E-state index in [1.165, 1.54) is 0 Å². The molecule has 0 aromatic heterocycles. The maximum Gasteiger partial charge on any atom is 0.470 e. The van der Waals surface area contributed by atoms with Gasteiger partial charge in [-0.25, -0.2) is 0 Å². The molecule has 3 heterocycles. The largest absolute Gasteiger partial charge is 0.470 e. The summed E-state index contributed by atoms with van der Waals surface area (Å²) >= 11 is 0. The zero-order valence-corrected chi connectivity index (χ0v) is 21.9. The predicted molar refractivity (Wildman–Crippen MR) is 101 cm³/mol. The van der Waals surface area contributed by atoms with E-state index in [2.05, 4.69) is 0 Å². The Labute approximate surface area is 146 Å². The Hall–Kier alpha value is 1.02. The van der Waals surface area contributed by atoms with Crippen molar-refractivity contribution in [3.8, 4) is 0 Å². The third-order valence-corrected chi connectivity index (χ3v) is 27.7. The summed E-state index contributed by atoms with van der Waals surface area (Å²) in [5.74, 6) is 0. The molecule has 3 aliphatic heterocycles. The van der Waals surface area contributed by atoms with E-state index in [4.69, 9.17) is 28.8 Å². The van der Waals surface area contributed by atoms with Crippen LogP contribution in [0.2, 0.25) is 65.5 Å². The molecule has 0 aromatic rings. The lowest BCUT2D eigenvalue weighted by molar-refractivity contribution is 0.123.